The maximum atomic E-state index is 13.6. The van der Waals surface area contributed by atoms with Crippen molar-refractivity contribution in [2.24, 2.45) is 0 Å². The second-order valence-corrected chi connectivity index (χ2v) is 4.41. The van der Waals surface area contributed by atoms with Crippen LogP contribution in [0.4, 0.5) is 8.78 Å². The van der Waals surface area contributed by atoms with E-state index in [1.54, 1.807) is 13.3 Å². The zero-order chi connectivity index (χ0) is 13.0. The molecule has 0 spiro atoms. The second kappa shape index (κ2) is 5.96. The van der Waals surface area contributed by atoms with Gasteiger partial charge in [0.25, 0.3) is 0 Å². The van der Waals surface area contributed by atoms with E-state index in [0.29, 0.717) is 13.0 Å². The van der Waals surface area contributed by atoms with Crippen LogP contribution >= 0.6 is 0 Å². The Morgan fingerprint density at radius 3 is 2.61 bits per heavy atom. The molecule has 1 N–H and O–H groups in total. The average Bonchev–Trinajstić information content (AvgIpc) is 2.40. The Hall–Kier alpha value is -1.42. The topological polar surface area (TPSA) is 21.3 Å². The van der Waals surface area contributed by atoms with Gasteiger partial charge < -0.3 is 10.1 Å². The van der Waals surface area contributed by atoms with Gasteiger partial charge in [-0.25, -0.2) is 8.78 Å². The number of benzene rings is 1. The first kappa shape index (κ1) is 13.0. The molecule has 1 aromatic rings. The molecule has 98 valence electrons. The van der Waals surface area contributed by atoms with Gasteiger partial charge in [-0.05, 0) is 44.0 Å². The molecule has 0 saturated carbocycles. The van der Waals surface area contributed by atoms with E-state index in [-0.39, 0.29) is 11.6 Å². The molecule has 0 saturated heterocycles. The summed E-state index contributed by atoms with van der Waals surface area (Å²) in [6.45, 7) is 0.716. The lowest BCUT2D eigenvalue weighted by molar-refractivity contribution is 0.219. The van der Waals surface area contributed by atoms with Crippen LogP contribution in [0.1, 0.15) is 18.4 Å². The number of nitrogens with one attached hydrogen (secondary N) is 1. The molecular formula is C14H17F2NO. The lowest BCUT2D eigenvalue weighted by Crippen LogP contribution is -2.31. The Bertz CT molecular complexity index is 425. The molecule has 1 heterocycles. The zero-order valence-corrected chi connectivity index (χ0v) is 10.4. The van der Waals surface area contributed by atoms with E-state index in [2.05, 4.69) is 5.32 Å². The fourth-order valence-electron chi connectivity index (χ4n) is 2.19. The van der Waals surface area contributed by atoms with Crippen molar-refractivity contribution in [2.75, 3.05) is 13.7 Å². The summed E-state index contributed by atoms with van der Waals surface area (Å²) in [5.41, 5.74) is 1.19. The van der Waals surface area contributed by atoms with Crippen LogP contribution in [0.5, 0.6) is 0 Å². The van der Waals surface area contributed by atoms with Crippen molar-refractivity contribution in [1.82, 2.24) is 5.32 Å². The molecule has 1 aromatic carbocycles. The molecule has 0 aromatic heterocycles. The number of rotatable bonds is 4. The number of halogens is 2. The molecule has 2 nitrogen and oxygen atoms in total. The minimum absolute atomic E-state index is 0.0864. The summed E-state index contributed by atoms with van der Waals surface area (Å²) in [6, 6.07) is 3.87. The molecule has 1 unspecified atom stereocenters. The van der Waals surface area contributed by atoms with Crippen molar-refractivity contribution < 1.29 is 13.5 Å². The van der Waals surface area contributed by atoms with Gasteiger partial charge in [0.2, 0.25) is 0 Å². The molecule has 0 radical (unpaired) electrons. The summed E-state index contributed by atoms with van der Waals surface area (Å²) >= 11 is 0. The van der Waals surface area contributed by atoms with E-state index >= 15 is 0 Å². The lowest BCUT2D eigenvalue weighted by atomic mass is 9.95. The van der Waals surface area contributed by atoms with Gasteiger partial charge in [-0.15, -0.1) is 0 Å². The van der Waals surface area contributed by atoms with Crippen LogP contribution < -0.4 is 5.32 Å². The van der Waals surface area contributed by atoms with Gasteiger partial charge >= 0.3 is 0 Å². The van der Waals surface area contributed by atoms with E-state index in [1.165, 1.54) is 18.2 Å². The summed E-state index contributed by atoms with van der Waals surface area (Å²) in [5, 5.41) is 3.09. The number of ether oxygens (including phenoxy) is 1. The van der Waals surface area contributed by atoms with E-state index in [9.17, 15) is 8.78 Å². The molecule has 1 aliphatic rings. The number of hydrogen-bond donors (Lipinski definition) is 1. The van der Waals surface area contributed by atoms with Crippen LogP contribution in [0.15, 0.2) is 30.0 Å². The van der Waals surface area contributed by atoms with Gasteiger partial charge in [-0.2, -0.15) is 0 Å². The van der Waals surface area contributed by atoms with E-state index in [0.717, 1.165) is 18.4 Å². The summed E-state index contributed by atoms with van der Waals surface area (Å²) in [4.78, 5) is 0. The molecular weight excluding hydrogens is 236 g/mol. The molecule has 1 aliphatic heterocycles. The Balaban J connectivity index is 2.17. The Morgan fingerprint density at radius 1 is 1.33 bits per heavy atom. The Kier molecular flexibility index (Phi) is 4.31. The van der Waals surface area contributed by atoms with Crippen LogP contribution in [-0.4, -0.2) is 19.7 Å². The van der Waals surface area contributed by atoms with Crippen molar-refractivity contribution >= 4 is 0 Å². The third-order valence-electron chi connectivity index (χ3n) is 3.23. The first-order chi connectivity index (χ1) is 8.72. The van der Waals surface area contributed by atoms with E-state index in [1.807, 2.05) is 0 Å². The summed E-state index contributed by atoms with van der Waals surface area (Å²) in [5.74, 6) is -0.986. The normalized spacial score (nSPS) is 16.9. The zero-order valence-electron chi connectivity index (χ0n) is 10.4. The molecule has 0 amide bonds. The van der Waals surface area contributed by atoms with Crippen LogP contribution in [0.3, 0.4) is 0 Å². The lowest BCUT2D eigenvalue weighted by Gasteiger charge is -2.23. The standard InChI is InChI=1S/C14H17F2NO/c1-17-14(10-4-3-7-18-9-10)8-11-12(15)5-2-6-13(11)16/h2,5-6,9,14,17H,3-4,7-8H2,1H3. The number of likely N-dealkylation sites (N-methyl/N-ethyl adjacent to an activating group) is 1. The monoisotopic (exact) mass is 253 g/mol. The summed E-state index contributed by atoms with van der Waals surface area (Å²) in [6.07, 6.45) is 3.86. The number of hydrogen-bond acceptors (Lipinski definition) is 2. The minimum Gasteiger partial charge on any atom is -0.501 e. The van der Waals surface area contributed by atoms with Gasteiger partial charge in [-0.3, -0.25) is 0 Å². The molecule has 0 aliphatic carbocycles. The molecule has 0 fully saturated rings. The second-order valence-electron chi connectivity index (χ2n) is 4.41. The highest BCUT2D eigenvalue weighted by molar-refractivity contribution is 5.24. The Morgan fingerprint density at radius 2 is 2.06 bits per heavy atom. The predicted molar refractivity (Wildman–Crippen MR) is 66.2 cm³/mol. The maximum Gasteiger partial charge on any atom is 0.129 e. The molecule has 0 bridgehead atoms. The predicted octanol–water partition coefficient (Wildman–Crippen LogP) is 2.79. The largest absolute Gasteiger partial charge is 0.501 e. The van der Waals surface area contributed by atoms with Gasteiger partial charge in [0.1, 0.15) is 11.6 Å². The highest BCUT2D eigenvalue weighted by Gasteiger charge is 2.19. The van der Waals surface area contributed by atoms with E-state index < -0.39 is 11.6 Å². The third-order valence-corrected chi connectivity index (χ3v) is 3.23. The SMILES string of the molecule is CNC(Cc1c(F)cccc1F)C1=COCCC1. The van der Waals surface area contributed by atoms with Crippen molar-refractivity contribution in [3.8, 4) is 0 Å². The average molecular weight is 253 g/mol. The van der Waals surface area contributed by atoms with Crippen molar-refractivity contribution in [3.63, 3.8) is 0 Å². The first-order valence-corrected chi connectivity index (χ1v) is 6.13. The van der Waals surface area contributed by atoms with Gasteiger partial charge in [0.05, 0.1) is 12.9 Å². The van der Waals surface area contributed by atoms with Crippen molar-refractivity contribution in [2.45, 2.75) is 25.3 Å². The maximum absolute atomic E-state index is 13.6. The summed E-state index contributed by atoms with van der Waals surface area (Å²) in [7, 11) is 1.79. The Labute approximate surface area is 106 Å². The minimum atomic E-state index is -0.493. The summed E-state index contributed by atoms with van der Waals surface area (Å²) < 4.78 is 32.5. The van der Waals surface area contributed by atoms with Crippen LogP contribution in [-0.2, 0) is 11.2 Å². The smallest absolute Gasteiger partial charge is 0.129 e. The fraction of sp³-hybridized carbons (Fsp3) is 0.429. The quantitative estimate of drug-likeness (QED) is 0.891. The van der Waals surface area contributed by atoms with Gasteiger partial charge in [0, 0.05) is 11.6 Å². The highest BCUT2D eigenvalue weighted by atomic mass is 19.1. The van der Waals surface area contributed by atoms with Crippen LogP contribution in [0.2, 0.25) is 0 Å². The fourth-order valence-corrected chi connectivity index (χ4v) is 2.19. The molecule has 2 rings (SSSR count). The van der Waals surface area contributed by atoms with Gasteiger partial charge in [-0.1, -0.05) is 6.07 Å². The first-order valence-electron chi connectivity index (χ1n) is 6.13. The van der Waals surface area contributed by atoms with E-state index in [4.69, 9.17) is 4.74 Å². The van der Waals surface area contributed by atoms with Gasteiger partial charge in [0.15, 0.2) is 0 Å². The molecule has 1 atom stereocenters. The third kappa shape index (κ3) is 2.88. The molecule has 4 heteroatoms. The van der Waals surface area contributed by atoms with Crippen LogP contribution in [0, 0.1) is 11.6 Å². The van der Waals surface area contributed by atoms with Crippen molar-refractivity contribution in [3.05, 3.63) is 47.2 Å². The van der Waals surface area contributed by atoms with Crippen molar-refractivity contribution in [1.29, 1.82) is 0 Å². The highest BCUT2D eigenvalue weighted by Crippen LogP contribution is 2.21. The van der Waals surface area contributed by atoms with Crippen LogP contribution in [0.25, 0.3) is 0 Å². The molecule has 18 heavy (non-hydrogen) atoms.